The first kappa shape index (κ1) is 12.5. The fourth-order valence-electron chi connectivity index (χ4n) is 2.06. The Labute approximate surface area is 106 Å². The van der Waals surface area contributed by atoms with Crippen LogP contribution in [-0.2, 0) is 7.05 Å². The second-order valence-corrected chi connectivity index (χ2v) is 5.64. The maximum absolute atomic E-state index is 9.39. The zero-order valence-electron chi connectivity index (χ0n) is 10.5. The number of aromatic nitrogens is 2. The highest BCUT2D eigenvalue weighted by Gasteiger charge is 2.44. The average molecular weight is 250 g/mol. The highest BCUT2D eigenvalue weighted by Crippen LogP contribution is 2.41. The molecule has 1 aromatic rings. The average Bonchev–Trinajstić information content (AvgIpc) is 3.09. The number of rotatable bonds is 5. The monoisotopic (exact) mass is 250 g/mol. The lowest BCUT2D eigenvalue weighted by molar-refractivity contribution is 0.441. The van der Waals surface area contributed by atoms with E-state index < -0.39 is 0 Å². The molecule has 0 saturated heterocycles. The number of hydrogen-bond donors (Lipinski definition) is 1. The number of aryl methyl sites for hydroxylation is 2. The molecule has 1 saturated carbocycles. The Bertz CT molecular complexity index is 444. The first-order valence-electron chi connectivity index (χ1n) is 5.85. The van der Waals surface area contributed by atoms with E-state index in [1.165, 1.54) is 12.8 Å². The van der Waals surface area contributed by atoms with Crippen molar-refractivity contribution < 1.29 is 0 Å². The van der Waals surface area contributed by atoms with Crippen LogP contribution in [0.15, 0.2) is 11.1 Å². The third-order valence-electron chi connectivity index (χ3n) is 3.33. The van der Waals surface area contributed by atoms with E-state index in [9.17, 15) is 5.26 Å². The third-order valence-corrected chi connectivity index (χ3v) is 4.60. The number of nitrogens with one attached hydrogen (secondary N) is 1. The zero-order valence-corrected chi connectivity index (χ0v) is 11.3. The molecule has 4 nitrogen and oxygen atoms in total. The van der Waals surface area contributed by atoms with Crippen LogP contribution < -0.4 is 5.32 Å². The van der Waals surface area contributed by atoms with E-state index in [0.717, 1.165) is 16.5 Å². The van der Waals surface area contributed by atoms with Gasteiger partial charge < -0.3 is 5.32 Å². The molecular weight excluding hydrogens is 232 g/mol. The van der Waals surface area contributed by atoms with Crippen LogP contribution in [0.25, 0.3) is 0 Å². The third kappa shape index (κ3) is 2.48. The second-order valence-electron chi connectivity index (χ2n) is 4.64. The molecule has 2 rings (SSSR count). The minimum absolute atomic E-state index is 0.372. The lowest BCUT2D eigenvalue weighted by Gasteiger charge is -2.25. The Morgan fingerprint density at radius 1 is 1.71 bits per heavy atom. The first-order valence-corrected chi connectivity index (χ1v) is 6.83. The molecule has 5 heteroatoms. The van der Waals surface area contributed by atoms with Crippen molar-refractivity contribution in [2.24, 2.45) is 13.0 Å². The molecule has 0 aliphatic heterocycles. The highest BCUT2D eigenvalue weighted by atomic mass is 32.2. The van der Waals surface area contributed by atoms with Gasteiger partial charge >= 0.3 is 0 Å². The summed E-state index contributed by atoms with van der Waals surface area (Å²) in [7, 11) is 3.83. The van der Waals surface area contributed by atoms with Gasteiger partial charge in [0.05, 0.1) is 16.8 Å². The summed E-state index contributed by atoms with van der Waals surface area (Å²) >= 11 is 1.71. The second kappa shape index (κ2) is 4.71. The Hall–Kier alpha value is -0.990. The van der Waals surface area contributed by atoms with Crippen molar-refractivity contribution in [1.82, 2.24) is 15.1 Å². The van der Waals surface area contributed by atoms with Crippen LogP contribution in [0.4, 0.5) is 0 Å². The Kier molecular flexibility index (Phi) is 3.45. The van der Waals surface area contributed by atoms with Gasteiger partial charge in [-0.2, -0.15) is 10.4 Å². The van der Waals surface area contributed by atoms with Crippen molar-refractivity contribution in [1.29, 1.82) is 5.26 Å². The number of hydrogen-bond acceptors (Lipinski definition) is 4. The van der Waals surface area contributed by atoms with E-state index in [2.05, 4.69) is 22.6 Å². The van der Waals surface area contributed by atoms with Crippen LogP contribution in [0.2, 0.25) is 0 Å². The summed E-state index contributed by atoms with van der Waals surface area (Å²) in [5.41, 5.74) is 0.650. The van der Waals surface area contributed by atoms with Crippen LogP contribution >= 0.6 is 11.8 Å². The number of thioether (sulfide) groups is 1. The van der Waals surface area contributed by atoms with Gasteiger partial charge in [0.2, 0.25) is 0 Å². The fraction of sp³-hybridized carbons (Fsp3) is 0.667. The van der Waals surface area contributed by atoms with Crippen LogP contribution in [-0.4, -0.2) is 28.1 Å². The molecule has 1 atom stereocenters. The van der Waals surface area contributed by atoms with Gasteiger partial charge in [0.15, 0.2) is 0 Å². The Balaban J connectivity index is 2.05. The van der Waals surface area contributed by atoms with E-state index >= 15 is 0 Å². The van der Waals surface area contributed by atoms with Gasteiger partial charge in [-0.05, 0) is 38.8 Å². The molecule has 1 fully saturated rings. The van der Waals surface area contributed by atoms with Gasteiger partial charge in [0.25, 0.3) is 0 Å². The molecule has 0 spiro atoms. The Morgan fingerprint density at radius 3 is 2.82 bits per heavy atom. The lowest BCUT2D eigenvalue weighted by Crippen LogP contribution is -2.46. The standard InChI is InChI=1S/C12H18N4S/c1-9-6-11(16(3)15-9)17-8-12(7-13,14-2)10-4-5-10/h6,10,14H,4-5,8H2,1-3H3. The normalized spacial score (nSPS) is 18.7. The smallest absolute Gasteiger partial charge is 0.118 e. The molecule has 0 radical (unpaired) electrons. The van der Waals surface area contributed by atoms with E-state index in [4.69, 9.17) is 0 Å². The number of nitrogens with zero attached hydrogens (tertiary/aromatic N) is 3. The molecular formula is C12H18N4S. The molecule has 1 aliphatic carbocycles. The molecule has 1 aromatic heterocycles. The van der Waals surface area contributed by atoms with Crippen molar-refractivity contribution in [3.63, 3.8) is 0 Å². The minimum Gasteiger partial charge on any atom is -0.302 e. The predicted molar refractivity (Wildman–Crippen MR) is 68.8 cm³/mol. The first-order chi connectivity index (χ1) is 8.11. The van der Waals surface area contributed by atoms with Crippen LogP contribution in [0.1, 0.15) is 18.5 Å². The van der Waals surface area contributed by atoms with Crippen molar-refractivity contribution >= 4 is 11.8 Å². The van der Waals surface area contributed by atoms with Gasteiger partial charge in [-0.1, -0.05) is 0 Å². The quantitative estimate of drug-likeness (QED) is 0.808. The maximum atomic E-state index is 9.39. The zero-order chi connectivity index (χ0) is 12.5. The minimum atomic E-state index is -0.372. The fourth-order valence-corrected chi connectivity index (χ4v) is 3.36. The predicted octanol–water partition coefficient (Wildman–Crippen LogP) is 1.71. The topological polar surface area (TPSA) is 53.6 Å². The van der Waals surface area contributed by atoms with Crippen molar-refractivity contribution in [2.45, 2.75) is 30.3 Å². The summed E-state index contributed by atoms with van der Waals surface area (Å²) in [5.74, 6) is 1.29. The molecule has 1 heterocycles. The van der Waals surface area contributed by atoms with Crippen molar-refractivity contribution in [3.8, 4) is 6.07 Å². The molecule has 17 heavy (non-hydrogen) atoms. The summed E-state index contributed by atoms with van der Waals surface area (Å²) in [6, 6.07) is 4.53. The van der Waals surface area contributed by atoms with E-state index in [-0.39, 0.29) is 5.54 Å². The summed E-state index contributed by atoms with van der Waals surface area (Å²) in [4.78, 5) is 0. The molecule has 1 N–H and O–H groups in total. The van der Waals surface area contributed by atoms with E-state index in [1.807, 2.05) is 25.7 Å². The molecule has 0 bridgehead atoms. The van der Waals surface area contributed by atoms with Gasteiger partial charge in [-0.25, -0.2) is 0 Å². The van der Waals surface area contributed by atoms with E-state index in [1.54, 1.807) is 11.8 Å². The summed E-state index contributed by atoms with van der Waals surface area (Å²) in [5, 5.41) is 18.0. The lowest BCUT2D eigenvalue weighted by atomic mass is 9.98. The van der Waals surface area contributed by atoms with Crippen LogP contribution in [0.5, 0.6) is 0 Å². The summed E-state index contributed by atoms with van der Waals surface area (Å²) < 4.78 is 1.88. The summed E-state index contributed by atoms with van der Waals surface area (Å²) in [6.45, 7) is 1.99. The molecule has 0 aromatic carbocycles. The van der Waals surface area contributed by atoms with Gasteiger partial charge in [-0.15, -0.1) is 11.8 Å². The van der Waals surface area contributed by atoms with Gasteiger partial charge in [-0.3, -0.25) is 4.68 Å². The number of nitriles is 1. The summed E-state index contributed by atoms with van der Waals surface area (Å²) in [6.07, 6.45) is 2.33. The molecule has 0 amide bonds. The molecule has 1 aliphatic rings. The van der Waals surface area contributed by atoms with Gasteiger partial charge in [0.1, 0.15) is 5.54 Å². The van der Waals surface area contributed by atoms with Crippen LogP contribution in [0.3, 0.4) is 0 Å². The van der Waals surface area contributed by atoms with Crippen molar-refractivity contribution in [3.05, 3.63) is 11.8 Å². The Morgan fingerprint density at radius 2 is 2.41 bits per heavy atom. The van der Waals surface area contributed by atoms with Crippen LogP contribution in [0, 0.1) is 24.2 Å². The highest BCUT2D eigenvalue weighted by molar-refractivity contribution is 7.99. The van der Waals surface area contributed by atoms with Crippen molar-refractivity contribution in [2.75, 3.05) is 12.8 Å². The van der Waals surface area contributed by atoms with E-state index in [0.29, 0.717) is 5.92 Å². The SMILES string of the molecule is CNC(C#N)(CSc1cc(C)nn1C)C1CC1. The molecule has 1 unspecified atom stereocenters. The largest absolute Gasteiger partial charge is 0.302 e. The molecule has 92 valence electrons. The van der Waals surface area contributed by atoms with Gasteiger partial charge in [0, 0.05) is 12.8 Å². The maximum Gasteiger partial charge on any atom is 0.118 e.